The van der Waals surface area contributed by atoms with E-state index in [1.165, 1.54) is 12.1 Å². The summed E-state index contributed by atoms with van der Waals surface area (Å²) in [7, 11) is 0. The summed E-state index contributed by atoms with van der Waals surface area (Å²) < 4.78 is 37.8. The first kappa shape index (κ1) is 11.3. The van der Waals surface area contributed by atoms with Crippen molar-refractivity contribution in [2.75, 3.05) is 18.0 Å². The number of hydrogen-bond donors (Lipinski definition) is 0. The van der Waals surface area contributed by atoms with Crippen LogP contribution in [0.25, 0.3) is 0 Å². The molecule has 0 N–H and O–H groups in total. The average molecular weight is 229 g/mol. The molecular formula is C12H14F3N. The number of anilines is 1. The second-order valence-electron chi connectivity index (χ2n) is 4.25. The zero-order chi connectivity index (χ0) is 11.8. The number of halogens is 3. The van der Waals surface area contributed by atoms with Crippen molar-refractivity contribution in [2.24, 2.45) is 0 Å². The molecule has 1 heterocycles. The van der Waals surface area contributed by atoms with Gasteiger partial charge in [0.15, 0.2) is 0 Å². The van der Waals surface area contributed by atoms with Crippen molar-refractivity contribution < 1.29 is 13.2 Å². The van der Waals surface area contributed by atoms with Crippen molar-refractivity contribution in [3.63, 3.8) is 0 Å². The van der Waals surface area contributed by atoms with Gasteiger partial charge in [-0.15, -0.1) is 0 Å². The molecule has 88 valence electrons. The Hall–Kier alpha value is -1.19. The highest BCUT2D eigenvalue weighted by atomic mass is 19.4. The van der Waals surface area contributed by atoms with Crippen LogP contribution in [0.2, 0.25) is 0 Å². The Morgan fingerprint density at radius 1 is 1.06 bits per heavy atom. The molecule has 1 aromatic rings. The van der Waals surface area contributed by atoms with Crippen LogP contribution in [0.1, 0.15) is 24.0 Å². The van der Waals surface area contributed by atoms with Crippen LogP contribution >= 0.6 is 0 Å². The van der Waals surface area contributed by atoms with E-state index in [0.717, 1.165) is 25.9 Å². The molecular weight excluding hydrogens is 215 g/mol. The van der Waals surface area contributed by atoms with Crippen LogP contribution in [0, 0.1) is 6.92 Å². The van der Waals surface area contributed by atoms with Gasteiger partial charge in [-0.1, -0.05) is 0 Å². The van der Waals surface area contributed by atoms with Gasteiger partial charge in [0.2, 0.25) is 0 Å². The predicted octanol–water partition coefficient (Wildman–Crippen LogP) is 3.61. The summed E-state index contributed by atoms with van der Waals surface area (Å²) in [4.78, 5) is 2.02. The summed E-state index contributed by atoms with van der Waals surface area (Å²) in [5.74, 6) is 0. The van der Waals surface area contributed by atoms with E-state index < -0.39 is 11.7 Å². The minimum absolute atomic E-state index is 0.547. The summed E-state index contributed by atoms with van der Waals surface area (Å²) in [5, 5.41) is 0. The molecule has 0 spiro atoms. The maximum Gasteiger partial charge on any atom is 0.416 e. The van der Waals surface area contributed by atoms with Gasteiger partial charge >= 0.3 is 6.18 Å². The van der Waals surface area contributed by atoms with Gasteiger partial charge in [-0.05, 0) is 43.5 Å². The van der Waals surface area contributed by atoms with Crippen molar-refractivity contribution in [3.8, 4) is 0 Å². The average Bonchev–Trinajstić information content (AvgIpc) is 2.68. The molecule has 0 atom stereocenters. The highest BCUT2D eigenvalue weighted by Crippen LogP contribution is 2.33. The van der Waals surface area contributed by atoms with Gasteiger partial charge < -0.3 is 4.90 Å². The van der Waals surface area contributed by atoms with E-state index >= 15 is 0 Å². The molecule has 1 nitrogen and oxygen atoms in total. The Morgan fingerprint density at radius 3 is 2.25 bits per heavy atom. The summed E-state index contributed by atoms with van der Waals surface area (Å²) >= 11 is 0. The van der Waals surface area contributed by atoms with Gasteiger partial charge in [0.1, 0.15) is 0 Å². The largest absolute Gasteiger partial charge is 0.416 e. The van der Waals surface area contributed by atoms with Gasteiger partial charge in [-0.3, -0.25) is 0 Å². The van der Waals surface area contributed by atoms with Crippen LogP contribution in [0.15, 0.2) is 18.2 Å². The zero-order valence-corrected chi connectivity index (χ0v) is 9.14. The fourth-order valence-electron chi connectivity index (χ4n) is 2.08. The summed E-state index contributed by atoms with van der Waals surface area (Å²) in [6.45, 7) is 3.43. The number of hydrogen-bond acceptors (Lipinski definition) is 1. The van der Waals surface area contributed by atoms with Gasteiger partial charge in [0.25, 0.3) is 0 Å². The lowest BCUT2D eigenvalue weighted by Gasteiger charge is -2.20. The monoisotopic (exact) mass is 229 g/mol. The van der Waals surface area contributed by atoms with Gasteiger partial charge in [0.05, 0.1) is 5.56 Å². The topological polar surface area (TPSA) is 3.24 Å². The van der Waals surface area contributed by atoms with Crippen LogP contribution < -0.4 is 4.90 Å². The van der Waals surface area contributed by atoms with Crippen molar-refractivity contribution >= 4 is 5.69 Å². The van der Waals surface area contributed by atoms with Crippen LogP contribution in [-0.4, -0.2) is 13.1 Å². The fraction of sp³-hybridized carbons (Fsp3) is 0.500. The number of aryl methyl sites for hydroxylation is 1. The molecule has 0 saturated carbocycles. The molecule has 1 saturated heterocycles. The standard InChI is InChI=1S/C12H14F3N/c1-9-6-10(12(13,14)15)8-11(7-9)16-4-2-3-5-16/h6-8H,2-5H2,1H3. The highest BCUT2D eigenvalue weighted by Gasteiger charge is 2.31. The minimum atomic E-state index is -4.25. The Bertz CT molecular complexity index is 378. The third-order valence-corrected chi connectivity index (χ3v) is 2.86. The summed E-state index contributed by atoms with van der Waals surface area (Å²) in [5.41, 5.74) is 0.816. The van der Waals surface area contributed by atoms with E-state index in [9.17, 15) is 13.2 Å². The quantitative estimate of drug-likeness (QED) is 0.711. The predicted molar refractivity (Wildman–Crippen MR) is 57.6 cm³/mol. The minimum Gasteiger partial charge on any atom is -0.372 e. The first-order valence-electron chi connectivity index (χ1n) is 5.41. The fourth-order valence-corrected chi connectivity index (χ4v) is 2.08. The van der Waals surface area contributed by atoms with E-state index in [4.69, 9.17) is 0 Å². The molecule has 1 aromatic carbocycles. The van der Waals surface area contributed by atoms with Crippen LogP contribution in [0.3, 0.4) is 0 Å². The number of alkyl halides is 3. The van der Waals surface area contributed by atoms with Gasteiger partial charge in [-0.25, -0.2) is 0 Å². The maximum atomic E-state index is 12.6. The molecule has 1 aliphatic heterocycles. The van der Waals surface area contributed by atoms with Crippen LogP contribution in [-0.2, 0) is 6.18 Å². The molecule has 0 amide bonds. The van der Waals surface area contributed by atoms with E-state index in [1.807, 2.05) is 11.0 Å². The second-order valence-corrected chi connectivity index (χ2v) is 4.25. The Morgan fingerprint density at radius 2 is 1.69 bits per heavy atom. The molecule has 1 aliphatic rings. The summed E-state index contributed by atoms with van der Waals surface area (Å²) in [6.07, 6.45) is -2.12. The van der Waals surface area contributed by atoms with E-state index in [1.54, 1.807) is 6.92 Å². The normalized spacial score (nSPS) is 16.9. The lowest BCUT2D eigenvalue weighted by atomic mass is 10.1. The molecule has 4 heteroatoms. The lowest BCUT2D eigenvalue weighted by molar-refractivity contribution is -0.137. The molecule has 0 unspecified atom stereocenters. The Kier molecular flexibility index (Phi) is 2.82. The third-order valence-electron chi connectivity index (χ3n) is 2.86. The van der Waals surface area contributed by atoms with E-state index in [0.29, 0.717) is 11.3 Å². The lowest BCUT2D eigenvalue weighted by Crippen LogP contribution is -2.18. The molecule has 16 heavy (non-hydrogen) atoms. The molecule has 1 fully saturated rings. The Balaban J connectivity index is 2.35. The summed E-state index contributed by atoms with van der Waals surface area (Å²) in [6, 6.07) is 4.26. The van der Waals surface area contributed by atoms with Crippen LogP contribution in [0.4, 0.5) is 18.9 Å². The first-order chi connectivity index (χ1) is 7.47. The number of nitrogens with zero attached hydrogens (tertiary/aromatic N) is 1. The van der Waals surface area contributed by atoms with Crippen molar-refractivity contribution in [1.29, 1.82) is 0 Å². The van der Waals surface area contributed by atoms with E-state index in [-0.39, 0.29) is 0 Å². The SMILES string of the molecule is Cc1cc(N2CCCC2)cc(C(F)(F)F)c1. The van der Waals surface area contributed by atoms with Crippen molar-refractivity contribution in [1.82, 2.24) is 0 Å². The number of benzene rings is 1. The molecule has 0 aromatic heterocycles. The maximum absolute atomic E-state index is 12.6. The highest BCUT2D eigenvalue weighted by molar-refractivity contribution is 5.52. The van der Waals surface area contributed by atoms with Gasteiger partial charge in [-0.2, -0.15) is 13.2 Å². The third kappa shape index (κ3) is 2.31. The van der Waals surface area contributed by atoms with Crippen molar-refractivity contribution in [2.45, 2.75) is 25.9 Å². The molecule has 0 radical (unpaired) electrons. The molecule has 0 bridgehead atoms. The van der Waals surface area contributed by atoms with Crippen molar-refractivity contribution in [3.05, 3.63) is 29.3 Å². The molecule has 2 rings (SSSR count). The Labute approximate surface area is 92.9 Å². The van der Waals surface area contributed by atoms with Gasteiger partial charge in [0, 0.05) is 18.8 Å². The zero-order valence-electron chi connectivity index (χ0n) is 9.14. The van der Waals surface area contributed by atoms with Crippen LogP contribution in [0.5, 0.6) is 0 Å². The first-order valence-corrected chi connectivity index (χ1v) is 5.41. The smallest absolute Gasteiger partial charge is 0.372 e. The molecule has 0 aliphatic carbocycles. The second kappa shape index (κ2) is 4.00. The van der Waals surface area contributed by atoms with E-state index in [2.05, 4.69) is 0 Å². The number of rotatable bonds is 1.